The molecule has 0 fully saturated rings. The van der Waals surface area contributed by atoms with E-state index in [9.17, 15) is 0 Å². The van der Waals surface area contributed by atoms with Gasteiger partial charge in [-0.2, -0.15) is 11.5 Å². The Morgan fingerprint density at radius 1 is 1.47 bits per heavy atom. The molecule has 1 unspecified atom stereocenters. The van der Waals surface area contributed by atoms with E-state index < -0.39 is 0 Å². The maximum atomic E-state index is 4.10. The summed E-state index contributed by atoms with van der Waals surface area (Å²) >= 11 is 0. The second kappa shape index (κ2) is 7.30. The number of allylic oxidation sites excluding steroid dienone is 2. The summed E-state index contributed by atoms with van der Waals surface area (Å²) in [6.45, 7) is 7.89. The van der Waals surface area contributed by atoms with Crippen LogP contribution in [0, 0.1) is 6.20 Å². The van der Waals surface area contributed by atoms with Crippen LogP contribution in [-0.4, -0.2) is 11.6 Å². The molecule has 1 aromatic heterocycles. The molecule has 0 aliphatic rings. The summed E-state index contributed by atoms with van der Waals surface area (Å²) < 4.78 is 2.16. The zero-order chi connectivity index (χ0) is 13.0. The predicted octanol–water partition coefficient (Wildman–Crippen LogP) is 3.68. The molecule has 0 amide bonds. The second-order valence-electron chi connectivity index (χ2n) is 4.36. The zero-order valence-corrected chi connectivity index (χ0v) is 12.9. The van der Waals surface area contributed by atoms with Gasteiger partial charge in [0.2, 0.25) is 0 Å². The first kappa shape index (κ1) is 15.7. The fourth-order valence-electron chi connectivity index (χ4n) is 2.20. The molecule has 0 aliphatic carbocycles. The number of benzene rings is 1. The quantitative estimate of drug-likeness (QED) is 0.482. The Morgan fingerprint density at radius 2 is 2.21 bits per heavy atom. The predicted molar refractivity (Wildman–Crippen MR) is 77.4 cm³/mol. The maximum Gasteiger partial charge on any atom is 1.00 e. The maximum absolute atomic E-state index is 4.10. The summed E-state index contributed by atoms with van der Waals surface area (Å²) in [5.74, 6) is 0. The molecule has 0 spiro atoms. The van der Waals surface area contributed by atoms with E-state index in [1.54, 1.807) is 0 Å². The number of nitrogens with zero attached hydrogens (tertiary/aromatic N) is 1. The van der Waals surface area contributed by atoms with Gasteiger partial charge in [0.1, 0.15) is 0 Å². The number of aromatic nitrogens is 1. The molecule has 1 aromatic carbocycles. The van der Waals surface area contributed by atoms with Crippen molar-refractivity contribution in [2.45, 2.75) is 18.9 Å². The first-order chi connectivity index (χ1) is 8.77. The monoisotopic (exact) mass is 341 g/mol. The molecular formula is C16H19N2Ru. The largest absolute Gasteiger partial charge is 1.00 e. The van der Waals surface area contributed by atoms with Gasteiger partial charge in [-0.1, -0.05) is 24.8 Å². The van der Waals surface area contributed by atoms with Gasteiger partial charge < -0.3 is 9.88 Å². The Morgan fingerprint density at radius 3 is 2.89 bits per heavy atom. The molecule has 101 valence electrons. The number of nitrogens with one attached hydrogen (secondary N) is 1. The van der Waals surface area contributed by atoms with Crippen molar-refractivity contribution in [1.29, 1.82) is 0 Å². The third kappa shape index (κ3) is 3.36. The average molecular weight is 340 g/mol. The van der Waals surface area contributed by atoms with Crippen molar-refractivity contribution in [3.8, 4) is 0 Å². The van der Waals surface area contributed by atoms with Gasteiger partial charge in [0, 0.05) is 12.7 Å². The third-order valence-corrected chi connectivity index (χ3v) is 3.23. The van der Waals surface area contributed by atoms with E-state index >= 15 is 0 Å². The Bertz CT molecular complexity index is 557. The van der Waals surface area contributed by atoms with Gasteiger partial charge in [0.05, 0.1) is 6.04 Å². The average Bonchev–Trinajstić information content (AvgIpc) is 2.83. The molecule has 1 N–H and O–H groups in total. The molecule has 0 bridgehead atoms. The number of para-hydroxylation sites is 1. The van der Waals surface area contributed by atoms with Crippen LogP contribution < -0.4 is 5.32 Å². The number of fused-ring (bicyclic) bond motifs is 1. The van der Waals surface area contributed by atoms with Crippen LogP contribution in [0.5, 0.6) is 0 Å². The van der Waals surface area contributed by atoms with Crippen LogP contribution in [0.2, 0.25) is 0 Å². The number of rotatable bonds is 6. The van der Waals surface area contributed by atoms with E-state index in [4.69, 9.17) is 0 Å². The van der Waals surface area contributed by atoms with Crippen molar-refractivity contribution in [1.82, 2.24) is 9.88 Å². The van der Waals surface area contributed by atoms with Gasteiger partial charge in [0.25, 0.3) is 0 Å². The molecule has 0 aliphatic heterocycles. The molecule has 1 heterocycles. The zero-order valence-electron chi connectivity index (χ0n) is 11.2. The van der Waals surface area contributed by atoms with Gasteiger partial charge in [-0.05, 0) is 12.8 Å². The summed E-state index contributed by atoms with van der Waals surface area (Å²) in [6, 6.07) is 10.6. The minimum absolute atomic E-state index is 0. The topological polar surface area (TPSA) is 17.0 Å². The van der Waals surface area contributed by atoms with Crippen molar-refractivity contribution in [2.75, 3.05) is 7.05 Å². The Balaban J connectivity index is 0.00000180. The first-order valence-electron chi connectivity index (χ1n) is 6.23. The molecule has 1 atom stereocenters. The molecule has 19 heavy (non-hydrogen) atoms. The standard InChI is InChI=1S/C16H19N2.Ru/c1-4-5-9-15(13(2)17-3)18-12-11-14-8-6-7-10-16(14)18;/h4,6-8,10-11,15,17H,1-2,5,9H2,3H3;/q-1;+1. The molecule has 2 nitrogen and oxygen atoms in total. The third-order valence-electron chi connectivity index (χ3n) is 3.23. The van der Waals surface area contributed by atoms with E-state index in [2.05, 4.69) is 47.4 Å². The van der Waals surface area contributed by atoms with E-state index in [0.29, 0.717) is 0 Å². The summed E-state index contributed by atoms with van der Waals surface area (Å²) in [6.07, 6.45) is 7.21. The van der Waals surface area contributed by atoms with Crippen LogP contribution in [0.1, 0.15) is 18.9 Å². The Hall–Kier alpha value is -1.34. The first-order valence-corrected chi connectivity index (χ1v) is 6.23. The Kier molecular flexibility index (Phi) is 6.04. The molecule has 1 radical (unpaired) electrons. The molecule has 0 saturated carbocycles. The summed E-state index contributed by atoms with van der Waals surface area (Å²) in [5.41, 5.74) is 2.21. The van der Waals surface area contributed by atoms with Gasteiger partial charge >= 0.3 is 19.5 Å². The molecular weight excluding hydrogens is 321 g/mol. The fourth-order valence-corrected chi connectivity index (χ4v) is 2.20. The van der Waals surface area contributed by atoms with Crippen LogP contribution in [0.3, 0.4) is 0 Å². The summed E-state index contributed by atoms with van der Waals surface area (Å²) in [7, 11) is 1.91. The normalized spacial score (nSPS) is 11.6. The van der Waals surface area contributed by atoms with E-state index in [1.807, 2.05) is 25.3 Å². The Labute approximate surface area is 128 Å². The minimum Gasteiger partial charge on any atom is -0.457 e. The van der Waals surface area contributed by atoms with Crippen LogP contribution in [0.15, 0.2) is 55.3 Å². The van der Waals surface area contributed by atoms with Crippen LogP contribution in [-0.2, 0) is 19.5 Å². The van der Waals surface area contributed by atoms with Crippen LogP contribution in [0.4, 0.5) is 0 Å². The van der Waals surface area contributed by atoms with Gasteiger partial charge in [-0.3, -0.25) is 0 Å². The van der Waals surface area contributed by atoms with Crippen molar-refractivity contribution >= 4 is 10.9 Å². The number of hydrogen-bond acceptors (Lipinski definition) is 1. The van der Waals surface area contributed by atoms with E-state index in [-0.39, 0.29) is 25.5 Å². The van der Waals surface area contributed by atoms with Gasteiger partial charge in [0.15, 0.2) is 0 Å². The van der Waals surface area contributed by atoms with Crippen molar-refractivity contribution in [3.63, 3.8) is 0 Å². The minimum atomic E-state index is 0. The fraction of sp³-hybridized carbons (Fsp3) is 0.250. The van der Waals surface area contributed by atoms with Crippen molar-refractivity contribution in [3.05, 3.63) is 61.5 Å². The van der Waals surface area contributed by atoms with E-state index in [0.717, 1.165) is 18.5 Å². The summed E-state index contributed by atoms with van der Waals surface area (Å²) in [4.78, 5) is 0. The van der Waals surface area contributed by atoms with E-state index in [1.165, 1.54) is 10.9 Å². The molecule has 3 heteroatoms. The second-order valence-corrected chi connectivity index (χ2v) is 4.36. The van der Waals surface area contributed by atoms with Crippen molar-refractivity contribution < 1.29 is 19.5 Å². The number of likely N-dealkylation sites (N-methyl/N-ethyl adjacent to an activating group) is 1. The van der Waals surface area contributed by atoms with Gasteiger partial charge in [-0.25, -0.2) is 0 Å². The van der Waals surface area contributed by atoms with Gasteiger partial charge in [-0.15, -0.1) is 30.4 Å². The SMILES string of the molecule is C=CCCC(C(=C)NC)n1[c-]cc2ccccc21.[Ru+]. The molecule has 0 saturated heterocycles. The van der Waals surface area contributed by atoms with Crippen molar-refractivity contribution in [2.24, 2.45) is 0 Å². The molecule has 2 rings (SSSR count). The smallest absolute Gasteiger partial charge is 0.457 e. The number of hydrogen-bond donors (Lipinski definition) is 1. The van der Waals surface area contributed by atoms with Crippen LogP contribution in [0.25, 0.3) is 10.9 Å². The summed E-state index contributed by atoms with van der Waals surface area (Å²) in [5, 5.41) is 4.37. The molecule has 2 aromatic rings. The van der Waals surface area contributed by atoms with Crippen LogP contribution >= 0.6 is 0 Å².